The van der Waals surface area contributed by atoms with Gasteiger partial charge in [0, 0.05) is 53.4 Å². The second-order valence-electron chi connectivity index (χ2n) is 7.41. The number of rotatable bonds is 6. The molecule has 146 valence electrons. The fourth-order valence-electron chi connectivity index (χ4n) is 3.87. The Hall–Kier alpha value is -1.66. The molecule has 27 heavy (non-hydrogen) atoms. The first kappa shape index (κ1) is 20.1. The van der Waals surface area contributed by atoms with E-state index in [1.807, 2.05) is 19.9 Å². The van der Waals surface area contributed by atoms with Crippen LogP contribution >= 0.6 is 15.9 Å². The van der Waals surface area contributed by atoms with Gasteiger partial charge < -0.3 is 13.9 Å². The molecule has 1 aliphatic rings. The molecule has 0 saturated carbocycles. The summed E-state index contributed by atoms with van der Waals surface area (Å²) in [5.74, 6) is 0.666. The summed E-state index contributed by atoms with van der Waals surface area (Å²) in [6.07, 6.45) is 5.02. The first-order valence-electron chi connectivity index (χ1n) is 9.55. The molecule has 2 aromatic heterocycles. The average molecular weight is 435 g/mol. The van der Waals surface area contributed by atoms with Gasteiger partial charge in [0.15, 0.2) is 5.78 Å². The summed E-state index contributed by atoms with van der Waals surface area (Å²) in [6.45, 7) is 8.46. The number of ketones is 1. The van der Waals surface area contributed by atoms with E-state index in [1.165, 1.54) is 10.6 Å². The van der Waals surface area contributed by atoms with Crippen molar-refractivity contribution >= 4 is 21.7 Å². The van der Waals surface area contributed by atoms with Gasteiger partial charge in [-0.25, -0.2) is 0 Å². The van der Waals surface area contributed by atoms with Crippen LogP contribution in [0.15, 0.2) is 33.7 Å². The van der Waals surface area contributed by atoms with Crippen LogP contribution in [0.1, 0.15) is 54.0 Å². The number of ether oxygens (including phenoxy) is 1. The van der Waals surface area contributed by atoms with Crippen LogP contribution in [0.3, 0.4) is 0 Å². The van der Waals surface area contributed by atoms with Crippen molar-refractivity contribution in [2.75, 3.05) is 13.2 Å². The van der Waals surface area contributed by atoms with Crippen molar-refractivity contribution in [2.24, 2.45) is 5.92 Å². The summed E-state index contributed by atoms with van der Waals surface area (Å²) < 4.78 is 9.94. The molecule has 0 aliphatic carbocycles. The van der Waals surface area contributed by atoms with E-state index in [0.29, 0.717) is 11.5 Å². The Labute approximate surface area is 168 Å². The van der Waals surface area contributed by atoms with Crippen LogP contribution in [-0.2, 0) is 11.3 Å². The molecule has 0 bridgehead atoms. The Kier molecular flexibility index (Phi) is 6.37. The van der Waals surface area contributed by atoms with E-state index in [4.69, 9.17) is 4.74 Å². The van der Waals surface area contributed by atoms with Gasteiger partial charge in [-0.15, -0.1) is 0 Å². The summed E-state index contributed by atoms with van der Waals surface area (Å²) in [6, 6.07) is 4.59. The second-order valence-corrected chi connectivity index (χ2v) is 8.33. The third kappa shape index (κ3) is 4.43. The lowest BCUT2D eigenvalue weighted by Crippen LogP contribution is -2.27. The third-order valence-corrected chi connectivity index (χ3v) is 6.11. The van der Waals surface area contributed by atoms with Crippen molar-refractivity contribution in [3.63, 3.8) is 0 Å². The van der Waals surface area contributed by atoms with Gasteiger partial charge in [-0.1, -0.05) is 0 Å². The molecule has 2 aromatic rings. The van der Waals surface area contributed by atoms with Crippen LogP contribution in [0.4, 0.5) is 0 Å². The molecule has 0 amide bonds. The zero-order valence-corrected chi connectivity index (χ0v) is 17.8. The van der Waals surface area contributed by atoms with Crippen molar-refractivity contribution in [1.82, 2.24) is 9.13 Å². The summed E-state index contributed by atoms with van der Waals surface area (Å²) >= 11 is 3.37. The fraction of sp³-hybridized carbons (Fsp3) is 0.524. The number of Topliss-reactive ketones (excluding diaryl/α,β-unsaturated/α-hetero) is 1. The summed E-state index contributed by atoms with van der Waals surface area (Å²) in [5, 5.41) is 0. The highest BCUT2D eigenvalue weighted by Gasteiger charge is 2.23. The monoisotopic (exact) mass is 434 g/mol. The Bertz CT molecular complexity index is 878. The number of aromatic nitrogens is 2. The lowest BCUT2D eigenvalue weighted by atomic mass is 9.96. The van der Waals surface area contributed by atoms with Crippen LogP contribution in [0.25, 0.3) is 0 Å². The van der Waals surface area contributed by atoms with Crippen molar-refractivity contribution < 1.29 is 9.53 Å². The highest BCUT2D eigenvalue weighted by molar-refractivity contribution is 9.10. The highest BCUT2D eigenvalue weighted by Crippen LogP contribution is 2.24. The lowest BCUT2D eigenvalue weighted by Gasteiger charge is -2.23. The standard InChI is InChI=1S/C21H27BrN2O3/c1-14-12-19(15(2)23(14)9-6-17-7-10-27-11-8-17)21(26)16(3)24-13-18(22)4-5-20(24)25/h4-5,12-13,16-17H,6-11H2,1-3H3. The van der Waals surface area contributed by atoms with Crippen molar-refractivity contribution in [3.05, 3.63) is 56.2 Å². The molecule has 5 nitrogen and oxygen atoms in total. The smallest absolute Gasteiger partial charge is 0.251 e. The predicted molar refractivity (Wildman–Crippen MR) is 110 cm³/mol. The number of hydrogen-bond donors (Lipinski definition) is 0. The number of nitrogens with zero attached hydrogens (tertiary/aromatic N) is 2. The molecule has 0 N–H and O–H groups in total. The van der Waals surface area contributed by atoms with Gasteiger partial charge in [0.2, 0.25) is 0 Å². The third-order valence-electron chi connectivity index (χ3n) is 5.64. The Morgan fingerprint density at radius 1 is 1.30 bits per heavy atom. The molecule has 1 unspecified atom stereocenters. The maximum Gasteiger partial charge on any atom is 0.251 e. The quantitative estimate of drug-likeness (QED) is 0.637. The largest absolute Gasteiger partial charge is 0.381 e. The van der Waals surface area contributed by atoms with Gasteiger partial charge in [-0.3, -0.25) is 9.59 Å². The zero-order valence-electron chi connectivity index (χ0n) is 16.2. The van der Waals surface area contributed by atoms with Crippen molar-refractivity contribution in [1.29, 1.82) is 0 Å². The molecule has 1 saturated heterocycles. The number of aryl methyl sites for hydroxylation is 1. The van der Waals surface area contributed by atoms with Gasteiger partial charge in [0.1, 0.15) is 0 Å². The zero-order chi connectivity index (χ0) is 19.6. The fourth-order valence-corrected chi connectivity index (χ4v) is 4.22. The first-order chi connectivity index (χ1) is 12.9. The summed E-state index contributed by atoms with van der Waals surface area (Å²) in [5.41, 5.74) is 2.61. The minimum absolute atomic E-state index is 0.0272. The molecule has 6 heteroatoms. The SMILES string of the molecule is Cc1cc(C(=O)C(C)n2cc(Br)ccc2=O)c(C)n1CCC1CCOCC1. The van der Waals surface area contributed by atoms with Crippen LogP contribution in [0, 0.1) is 19.8 Å². The van der Waals surface area contributed by atoms with E-state index in [2.05, 4.69) is 20.5 Å². The molecule has 0 spiro atoms. The molecule has 1 atom stereocenters. The molecule has 0 aromatic carbocycles. The number of carbonyl (C=O) groups is 1. The molecule has 3 heterocycles. The lowest BCUT2D eigenvalue weighted by molar-refractivity contribution is 0.0625. The summed E-state index contributed by atoms with van der Waals surface area (Å²) in [7, 11) is 0. The van der Waals surface area contributed by atoms with Gasteiger partial charge in [0.05, 0.1) is 6.04 Å². The molecular formula is C21H27BrN2O3. The topological polar surface area (TPSA) is 53.2 Å². The Balaban J connectivity index is 1.79. The van der Waals surface area contributed by atoms with Crippen LogP contribution in [0.2, 0.25) is 0 Å². The van der Waals surface area contributed by atoms with Crippen LogP contribution in [-0.4, -0.2) is 28.1 Å². The van der Waals surface area contributed by atoms with E-state index in [1.54, 1.807) is 19.2 Å². The van der Waals surface area contributed by atoms with Gasteiger partial charge >= 0.3 is 0 Å². The average Bonchev–Trinajstić information content (AvgIpc) is 2.95. The van der Waals surface area contributed by atoms with Gasteiger partial charge in [0.25, 0.3) is 5.56 Å². The molecular weight excluding hydrogens is 408 g/mol. The van der Waals surface area contributed by atoms with Crippen LogP contribution < -0.4 is 5.56 Å². The van der Waals surface area contributed by atoms with E-state index in [-0.39, 0.29) is 11.3 Å². The molecule has 1 fully saturated rings. The number of carbonyl (C=O) groups excluding carboxylic acids is 1. The predicted octanol–water partition coefficient (Wildman–Crippen LogP) is 4.29. The number of pyridine rings is 1. The van der Waals surface area contributed by atoms with Crippen LogP contribution in [0.5, 0.6) is 0 Å². The normalized spacial score (nSPS) is 16.4. The summed E-state index contributed by atoms with van der Waals surface area (Å²) in [4.78, 5) is 25.3. The van der Waals surface area contributed by atoms with Gasteiger partial charge in [-0.2, -0.15) is 0 Å². The Morgan fingerprint density at radius 2 is 2.00 bits per heavy atom. The minimum atomic E-state index is -0.542. The number of halogens is 1. The molecule has 3 rings (SSSR count). The maximum atomic E-state index is 13.1. The van der Waals surface area contributed by atoms with Crippen molar-refractivity contribution in [3.8, 4) is 0 Å². The second kappa shape index (κ2) is 8.57. The first-order valence-corrected chi connectivity index (χ1v) is 10.3. The minimum Gasteiger partial charge on any atom is -0.381 e. The van der Waals surface area contributed by atoms with E-state index < -0.39 is 6.04 Å². The molecule has 1 aliphatic heterocycles. The van der Waals surface area contributed by atoms with Crippen molar-refractivity contribution in [2.45, 2.75) is 52.6 Å². The van der Waals surface area contributed by atoms with E-state index in [9.17, 15) is 9.59 Å². The Morgan fingerprint density at radius 3 is 2.70 bits per heavy atom. The number of hydrogen-bond acceptors (Lipinski definition) is 3. The molecule has 0 radical (unpaired) electrons. The van der Waals surface area contributed by atoms with Gasteiger partial charge in [-0.05, 0) is 74.0 Å². The highest BCUT2D eigenvalue weighted by atomic mass is 79.9. The maximum absolute atomic E-state index is 13.1. The van der Waals surface area contributed by atoms with E-state index >= 15 is 0 Å². The van der Waals surface area contributed by atoms with E-state index in [0.717, 1.165) is 54.9 Å².